The number of nitrogen functional groups attached to an aromatic ring is 1. The molecule has 72 valence electrons. The molecule has 0 saturated heterocycles. The molecular formula is C11H17NO. The molecule has 0 aliphatic rings. The molecule has 0 radical (unpaired) electrons. The Morgan fingerprint density at radius 3 is 2.31 bits per heavy atom. The van der Waals surface area contributed by atoms with Crippen molar-refractivity contribution < 1.29 is 5.11 Å². The van der Waals surface area contributed by atoms with Crippen molar-refractivity contribution in [2.45, 2.75) is 32.8 Å². The lowest BCUT2D eigenvalue weighted by molar-refractivity contribution is 0.282. The number of aliphatic hydroxyl groups excluding tert-OH is 1. The zero-order valence-corrected chi connectivity index (χ0v) is 8.46. The maximum absolute atomic E-state index is 8.93. The van der Waals surface area contributed by atoms with Crippen molar-refractivity contribution in [2.24, 2.45) is 0 Å². The van der Waals surface area contributed by atoms with Crippen LogP contribution in [0.5, 0.6) is 0 Å². The van der Waals surface area contributed by atoms with E-state index in [2.05, 4.69) is 20.8 Å². The quantitative estimate of drug-likeness (QED) is 0.648. The molecule has 1 rings (SSSR count). The van der Waals surface area contributed by atoms with Crippen LogP contribution in [-0.4, -0.2) is 5.11 Å². The minimum atomic E-state index is 0.0102. The van der Waals surface area contributed by atoms with Crippen molar-refractivity contribution in [1.29, 1.82) is 0 Å². The molecule has 2 heteroatoms. The van der Waals surface area contributed by atoms with Gasteiger partial charge in [0, 0.05) is 11.3 Å². The molecule has 0 aliphatic carbocycles. The zero-order chi connectivity index (χ0) is 10.1. The fourth-order valence-corrected chi connectivity index (χ4v) is 1.21. The minimum Gasteiger partial charge on any atom is -0.398 e. The fraction of sp³-hybridized carbons (Fsp3) is 0.455. The second-order valence-corrected chi connectivity index (χ2v) is 4.32. The Hall–Kier alpha value is -1.02. The van der Waals surface area contributed by atoms with E-state index in [1.165, 1.54) is 5.56 Å². The van der Waals surface area contributed by atoms with E-state index in [4.69, 9.17) is 10.8 Å². The summed E-state index contributed by atoms with van der Waals surface area (Å²) in [7, 11) is 0. The number of anilines is 1. The van der Waals surface area contributed by atoms with Gasteiger partial charge < -0.3 is 10.8 Å². The fourth-order valence-electron chi connectivity index (χ4n) is 1.21. The molecular weight excluding hydrogens is 162 g/mol. The lowest BCUT2D eigenvalue weighted by Gasteiger charge is -2.20. The Kier molecular flexibility index (Phi) is 2.62. The van der Waals surface area contributed by atoms with E-state index in [-0.39, 0.29) is 12.0 Å². The Bertz CT molecular complexity index is 299. The van der Waals surface area contributed by atoms with Crippen LogP contribution in [-0.2, 0) is 12.0 Å². The topological polar surface area (TPSA) is 46.2 Å². The monoisotopic (exact) mass is 179 g/mol. The van der Waals surface area contributed by atoms with Gasteiger partial charge in [0.15, 0.2) is 0 Å². The van der Waals surface area contributed by atoms with Gasteiger partial charge in [-0.25, -0.2) is 0 Å². The van der Waals surface area contributed by atoms with Crippen LogP contribution in [0.1, 0.15) is 31.9 Å². The average molecular weight is 179 g/mol. The molecule has 0 spiro atoms. The van der Waals surface area contributed by atoms with Gasteiger partial charge in [-0.3, -0.25) is 0 Å². The standard InChI is InChI=1S/C11H17NO/c1-11(2,3)9-5-4-8(7-13)10(12)6-9/h4-6,13H,7,12H2,1-3H3. The Morgan fingerprint density at radius 2 is 1.92 bits per heavy atom. The van der Waals surface area contributed by atoms with Crippen LogP contribution in [0.4, 0.5) is 5.69 Å². The van der Waals surface area contributed by atoms with Gasteiger partial charge in [0.2, 0.25) is 0 Å². The lowest BCUT2D eigenvalue weighted by atomic mass is 9.86. The summed E-state index contributed by atoms with van der Waals surface area (Å²) >= 11 is 0. The van der Waals surface area contributed by atoms with Crippen molar-refractivity contribution in [3.05, 3.63) is 29.3 Å². The smallest absolute Gasteiger partial charge is 0.0701 e. The van der Waals surface area contributed by atoms with Crippen LogP contribution in [0.2, 0.25) is 0 Å². The maximum atomic E-state index is 8.93. The highest BCUT2D eigenvalue weighted by Crippen LogP contribution is 2.25. The number of nitrogens with two attached hydrogens (primary N) is 1. The molecule has 0 saturated carbocycles. The average Bonchev–Trinajstić information content (AvgIpc) is 2.02. The minimum absolute atomic E-state index is 0.0102. The molecule has 3 N–H and O–H groups in total. The van der Waals surface area contributed by atoms with Crippen LogP contribution >= 0.6 is 0 Å². The third kappa shape index (κ3) is 2.22. The molecule has 0 aliphatic heterocycles. The number of benzene rings is 1. The Morgan fingerprint density at radius 1 is 1.31 bits per heavy atom. The van der Waals surface area contributed by atoms with Gasteiger partial charge in [-0.15, -0.1) is 0 Å². The molecule has 0 heterocycles. The molecule has 0 atom stereocenters. The first kappa shape index (κ1) is 10.1. The van der Waals surface area contributed by atoms with Crippen LogP contribution in [0.3, 0.4) is 0 Å². The summed E-state index contributed by atoms with van der Waals surface area (Å²) in [6.07, 6.45) is 0. The van der Waals surface area contributed by atoms with E-state index >= 15 is 0 Å². The highest BCUT2D eigenvalue weighted by atomic mass is 16.3. The van der Waals surface area contributed by atoms with Crippen molar-refractivity contribution in [2.75, 3.05) is 5.73 Å². The number of hydrogen-bond donors (Lipinski definition) is 2. The SMILES string of the molecule is CC(C)(C)c1ccc(CO)c(N)c1. The molecule has 0 amide bonds. The van der Waals surface area contributed by atoms with E-state index in [0.717, 1.165) is 5.56 Å². The summed E-state index contributed by atoms with van der Waals surface area (Å²) in [6, 6.07) is 5.84. The molecule has 0 unspecified atom stereocenters. The molecule has 13 heavy (non-hydrogen) atoms. The van der Waals surface area contributed by atoms with Crippen LogP contribution in [0.15, 0.2) is 18.2 Å². The molecule has 2 nitrogen and oxygen atoms in total. The summed E-state index contributed by atoms with van der Waals surface area (Å²) < 4.78 is 0. The first-order chi connectivity index (χ1) is 5.95. The van der Waals surface area contributed by atoms with Crippen molar-refractivity contribution in [1.82, 2.24) is 0 Å². The predicted octanol–water partition coefficient (Wildman–Crippen LogP) is 2.06. The normalized spacial score (nSPS) is 11.7. The highest BCUT2D eigenvalue weighted by molar-refractivity contribution is 5.50. The van der Waals surface area contributed by atoms with Gasteiger partial charge >= 0.3 is 0 Å². The Labute approximate surface area is 79.4 Å². The molecule has 0 aromatic heterocycles. The van der Waals surface area contributed by atoms with Crippen molar-refractivity contribution in [3.8, 4) is 0 Å². The van der Waals surface area contributed by atoms with E-state index in [0.29, 0.717) is 5.69 Å². The van der Waals surface area contributed by atoms with Gasteiger partial charge in [-0.2, -0.15) is 0 Å². The van der Waals surface area contributed by atoms with E-state index < -0.39 is 0 Å². The molecule has 1 aromatic rings. The summed E-state index contributed by atoms with van der Waals surface area (Å²) in [4.78, 5) is 0. The van der Waals surface area contributed by atoms with Gasteiger partial charge in [-0.1, -0.05) is 32.9 Å². The van der Waals surface area contributed by atoms with Gasteiger partial charge in [0.05, 0.1) is 6.61 Å². The summed E-state index contributed by atoms with van der Waals surface area (Å²) in [5, 5.41) is 8.93. The largest absolute Gasteiger partial charge is 0.398 e. The van der Waals surface area contributed by atoms with Crippen molar-refractivity contribution in [3.63, 3.8) is 0 Å². The summed E-state index contributed by atoms with van der Waals surface area (Å²) in [5.41, 5.74) is 8.55. The first-order valence-corrected chi connectivity index (χ1v) is 4.45. The van der Waals surface area contributed by atoms with Gasteiger partial charge in [0.25, 0.3) is 0 Å². The zero-order valence-electron chi connectivity index (χ0n) is 8.46. The van der Waals surface area contributed by atoms with E-state index in [9.17, 15) is 0 Å². The molecule has 1 aromatic carbocycles. The maximum Gasteiger partial charge on any atom is 0.0701 e. The summed E-state index contributed by atoms with van der Waals surface area (Å²) in [5.74, 6) is 0. The summed E-state index contributed by atoms with van der Waals surface area (Å²) in [6.45, 7) is 6.43. The van der Waals surface area contributed by atoms with Gasteiger partial charge in [-0.05, 0) is 17.0 Å². The van der Waals surface area contributed by atoms with Crippen molar-refractivity contribution >= 4 is 5.69 Å². The van der Waals surface area contributed by atoms with Crippen LogP contribution in [0, 0.1) is 0 Å². The lowest BCUT2D eigenvalue weighted by Crippen LogP contribution is -2.11. The van der Waals surface area contributed by atoms with Gasteiger partial charge in [0.1, 0.15) is 0 Å². The first-order valence-electron chi connectivity index (χ1n) is 4.45. The number of hydrogen-bond acceptors (Lipinski definition) is 2. The third-order valence-electron chi connectivity index (χ3n) is 2.18. The second-order valence-electron chi connectivity index (χ2n) is 4.32. The van der Waals surface area contributed by atoms with Crippen LogP contribution in [0.25, 0.3) is 0 Å². The second kappa shape index (κ2) is 3.38. The van der Waals surface area contributed by atoms with E-state index in [1.54, 1.807) is 0 Å². The molecule has 0 bridgehead atoms. The Balaban J connectivity index is 3.10. The number of rotatable bonds is 1. The third-order valence-corrected chi connectivity index (χ3v) is 2.18. The van der Waals surface area contributed by atoms with Crippen LogP contribution < -0.4 is 5.73 Å². The van der Waals surface area contributed by atoms with E-state index in [1.807, 2.05) is 18.2 Å². The predicted molar refractivity (Wildman–Crippen MR) is 55.5 cm³/mol. The number of aliphatic hydroxyl groups is 1. The highest BCUT2D eigenvalue weighted by Gasteiger charge is 2.14. The molecule has 0 fully saturated rings.